The Morgan fingerprint density at radius 2 is 2.09 bits per heavy atom. The number of amides is 1. The number of rotatable bonds is 2. The Morgan fingerprint density at radius 3 is 2.68 bits per heavy atom. The van der Waals surface area contributed by atoms with Crippen LogP contribution in [0.5, 0.6) is 0 Å². The molecule has 0 aromatic carbocycles. The van der Waals surface area contributed by atoms with Crippen molar-refractivity contribution in [3.05, 3.63) is 35.1 Å². The molecule has 6 nitrogen and oxygen atoms in total. The molecule has 2 bridgehead atoms. The summed E-state index contributed by atoms with van der Waals surface area (Å²) in [6, 6.07) is 3.64. The van der Waals surface area contributed by atoms with Gasteiger partial charge in [-0.15, -0.1) is 0 Å². The second kappa shape index (κ2) is 4.66. The van der Waals surface area contributed by atoms with E-state index >= 15 is 0 Å². The van der Waals surface area contributed by atoms with Crippen LogP contribution in [0.25, 0.3) is 5.13 Å². The van der Waals surface area contributed by atoms with E-state index in [1.165, 1.54) is 11.3 Å². The van der Waals surface area contributed by atoms with Crippen molar-refractivity contribution in [1.82, 2.24) is 14.5 Å². The van der Waals surface area contributed by atoms with E-state index < -0.39 is 9.84 Å². The number of thiazole rings is 1. The van der Waals surface area contributed by atoms with Crippen molar-refractivity contribution >= 4 is 27.1 Å². The highest BCUT2D eigenvalue weighted by Crippen LogP contribution is 2.35. The van der Waals surface area contributed by atoms with Crippen LogP contribution in [0.4, 0.5) is 0 Å². The lowest BCUT2D eigenvalue weighted by Gasteiger charge is -2.26. The van der Waals surface area contributed by atoms with Crippen molar-refractivity contribution < 1.29 is 13.2 Å². The number of carbonyl (C=O) groups excluding carboxylic acids is 1. The Kier molecular flexibility index (Phi) is 2.96. The van der Waals surface area contributed by atoms with Gasteiger partial charge >= 0.3 is 0 Å². The number of aryl methyl sites for hydroxylation is 1. The molecule has 2 aliphatic heterocycles. The first-order valence-electron chi connectivity index (χ1n) is 7.09. The number of nitrogens with zero attached hydrogens (tertiary/aromatic N) is 3. The summed E-state index contributed by atoms with van der Waals surface area (Å²) < 4.78 is 25.5. The number of carbonyl (C=O) groups is 1. The molecular weight excluding hydrogens is 322 g/mol. The molecule has 2 aromatic heterocycles. The first-order valence-corrected chi connectivity index (χ1v) is 9.62. The maximum Gasteiger partial charge on any atom is 0.266 e. The average Bonchev–Trinajstić information content (AvgIpc) is 3.18. The van der Waals surface area contributed by atoms with Gasteiger partial charge in [-0.25, -0.2) is 13.4 Å². The Labute approximate surface area is 132 Å². The van der Waals surface area contributed by atoms with Crippen LogP contribution in [0.3, 0.4) is 0 Å². The summed E-state index contributed by atoms with van der Waals surface area (Å²) in [6.07, 6.45) is 4.35. The van der Waals surface area contributed by atoms with E-state index in [0.29, 0.717) is 23.5 Å². The number of sulfone groups is 1. The zero-order valence-electron chi connectivity index (χ0n) is 12.0. The summed E-state index contributed by atoms with van der Waals surface area (Å²) >= 11 is 1.35. The summed E-state index contributed by atoms with van der Waals surface area (Å²) in [5.74, 6) is 0.0157. The molecule has 0 radical (unpaired) electrons. The molecule has 2 aliphatic rings. The molecule has 2 atom stereocenters. The number of aromatic nitrogens is 2. The number of hydrogen-bond acceptors (Lipinski definition) is 5. The Bertz CT molecular complexity index is 839. The topological polar surface area (TPSA) is 72.3 Å². The van der Waals surface area contributed by atoms with Gasteiger partial charge in [-0.2, -0.15) is 0 Å². The van der Waals surface area contributed by atoms with Crippen molar-refractivity contribution in [2.75, 3.05) is 12.3 Å². The monoisotopic (exact) mass is 337 g/mol. The van der Waals surface area contributed by atoms with Crippen LogP contribution >= 0.6 is 11.3 Å². The number of likely N-dealkylation sites (tertiary alicyclic amines) is 1. The molecule has 2 aromatic rings. The van der Waals surface area contributed by atoms with Crippen LogP contribution in [0.2, 0.25) is 0 Å². The molecule has 116 valence electrons. The zero-order chi connectivity index (χ0) is 15.5. The number of hydrogen-bond donors (Lipinski definition) is 0. The highest BCUT2D eigenvalue weighted by molar-refractivity contribution is 7.92. The fourth-order valence-electron chi connectivity index (χ4n) is 3.23. The molecule has 0 aliphatic carbocycles. The highest BCUT2D eigenvalue weighted by Gasteiger charge is 2.50. The van der Waals surface area contributed by atoms with Crippen LogP contribution < -0.4 is 0 Å². The molecule has 2 unspecified atom stereocenters. The van der Waals surface area contributed by atoms with E-state index in [1.807, 2.05) is 36.0 Å². The van der Waals surface area contributed by atoms with Crippen LogP contribution in [-0.2, 0) is 9.84 Å². The predicted molar refractivity (Wildman–Crippen MR) is 83.2 cm³/mol. The molecule has 1 amide bonds. The molecule has 2 fully saturated rings. The van der Waals surface area contributed by atoms with E-state index in [-0.39, 0.29) is 23.0 Å². The highest BCUT2D eigenvalue weighted by atomic mass is 32.2. The fourth-order valence-corrected chi connectivity index (χ4v) is 6.25. The third-order valence-corrected chi connectivity index (χ3v) is 7.74. The van der Waals surface area contributed by atoms with Crippen LogP contribution in [0.15, 0.2) is 24.5 Å². The van der Waals surface area contributed by atoms with Crippen LogP contribution in [-0.4, -0.2) is 52.4 Å². The Balaban J connectivity index is 1.62. The molecular formula is C14H15N3O3S2. The van der Waals surface area contributed by atoms with E-state index in [9.17, 15) is 13.2 Å². The molecule has 2 saturated heterocycles. The summed E-state index contributed by atoms with van der Waals surface area (Å²) in [5, 5.41) is 0.376. The van der Waals surface area contributed by atoms with Gasteiger partial charge in [0.1, 0.15) is 4.88 Å². The largest absolute Gasteiger partial charge is 0.333 e. The minimum Gasteiger partial charge on any atom is -0.333 e. The first kappa shape index (κ1) is 14.0. The molecule has 4 heterocycles. The smallest absolute Gasteiger partial charge is 0.266 e. The van der Waals surface area contributed by atoms with Gasteiger partial charge in [-0.3, -0.25) is 4.79 Å². The second-order valence-electron chi connectivity index (χ2n) is 5.80. The van der Waals surface area contributed by atoms with Gasteiger partial charge in [-0.1, -0.05) is 11.3 Å². The predicted octanol–water partition coefficient (Wildman–Crippen LogP) is 1.25. The Hall–Kier alpha value is -1.67. The van der Waals surface area contributed by atoms with Gasteiger partial charge in [-0.05, 0) is 25.5 Å². The minimum absolute atomic E-state index is 0.0872. The van der Waals surface area contributed by atoms with Crippen LogP contribution in [0, 0.1) is 6.92 Å². The van der Waals surface area contributed by atoms with Crippen LogP contribution in [0.1, 0.15) is 21.8 Å². The average molecular weight is 337 g/mol. The van der Waals surface area contributed by atoms with Gasteiger partial charge in [0.05, 0.1) is 16.7 Å². The lowest BCUT2D eigenvalue weighted by atomic mass is 10.2. The van der Waals surface area contributed by atoms with E-state index in [0.717, 1.165) is 5.13 Å². The lowest BCUT2D eigenvalue weighted by Crippen LogP contribution is -2.44. The van der Waals surface area contributed by atoms with Crippen molar-refractivity contribution in [2.24, 2.45) is 0 Å². The Morgan fingerprint density at radius 1 is 1.36 bits per heavy atom. The third-order valence-electron chi connectivity index (χ3n) is 4.37. The molecule has 0 saturated carbocycles. The molecule has 0 N–H and O–H groups in total. The van der Waals surface area contributed by atoms with Crippen molar-refractivity contribution in [1.29, 1.82) is 0 Å². The molecule has 0 spiro atoms. The van der Waals surface area contributed by atoms with Crippen molar-refractivity contribution in [3.63, 3.8) is 0 Å². The lowest BCUT2D eigenvalue weighted by molar-refractivity contribution is 0.0750. The van der Waals surface area contributed by atoms with Crippen molar-refractivity contribution in [2.45, 2.75) is 24.6 Å². The normalized spacial score (nSPS) is 25.8. The standard InChI is InChI=1S/C14H15N3O3S2/c1-9-12(21-14(15-9)16-4-2-3-5-16)13(18)17-7-11-6-10(17)8-22(11,19)20/h2-5,10-11H,6-8H2,1H3. The summed E-state index contributed by atoms with van der Waals surface area (Å²) in [6.45, 7) is 2.14. The van der Waals surface area contributed by atoms with Gasteiger partial charge in [0.15, 0.2) is 15.0 Å². The molecule has 22 heavy (non-hydrogen) atoms. The van der Waals surface area contributed by atoms with E-state index in [2.05, 4.69) is 4.98 Å². The maximum absolute atomic E-state index is 12.7. The third kappa shape index (κ3) is 2.01. The van der Waals surface area contributed by atoms with E-state index in [4.69, 9.17) is 0 Å². The SMILES string of the molecule is Cc1nc(-n2cccc2)sc1C(=O)N1CC2CC1CS2(=O)=O. The minimum atomic E-state index is -2.99. The van der Waals surface area contributed by atoms with Gasteiger partial charge in [0.2, 0.25) is 0 Å². The maximum atomic E-state index is 12.7. The quantitative estimate of drug-likeness (QED) is 0.827. The van der Waals surface area contributed by atoms with E-state index in [1.54, 1.807) is 4.90 Å². The van der Waals surface area contributed by atoms with Crippen molar-refractivity contribution in [3.8, 4) is 5.13 Å². The zero-order valence-corrected chi connectivity index (χ0v) is 13.6. The summed E-state index contributed by atoms with van der Waals surface area (Å²) in [5.41, 5.74) is 0.698. The number of fused-ring (bicyclic) bond motifs is 2. The molecule has 8 heteroatoms. The summed E-state index contributed by atoms with van der Waals surface area (Å²) in [7, 11) is -2.99. The second-order valence-corrected chi connectivity index (χ2v) is 9.10. The first-order chi connectivity index (χ1) is 10.5. The van der Waals surface area contributed by atoms with Gasteiger partial charge in [0, 0.05) is 25.0 Å². The van der Waals surface area contributed by atoms with Gasteiger partial charge in [0.25, 0.3) is 5.91 Å². The molecule has 4 rings (SSSR count). The fraction of sp³-hybridized carbons (Fsp3) is 0.429. The van der Waals surface area contributed by atoms with Gasteiger partial charge < -0.3 is 9.47 Å². The summed E-state index contributed by atoms with van der Waals surface area (Å²) in [4.78, 5) is 19.5.